The van der Waals surface area contributed by atoms with E-state index in [4.69, 9.17) is 5.11 Å². The number of aliphatic hydroxyl groups excluding tert-OH is 1. The molecule has 552 valence electrons. The van der Waals surface area contributed by atoms with E-state index in [1.54, 1.807) is 12.2 Å². The number of hydrogen-bond acceptors (Lipinski definition) is 8. The van der Waals surface area contributed by atoms with Gasteiger partial charge in [-0.05, 0) is 116 Å². The van der Waals surface area contributed by atoms with Crippen LogP contribution in [0.1, 0.15) is 124 Å². The Labute approximate surface area is 685 Å². The Hall–Kier alpha value is -7.00. The van der Waals surface area contributed by atoms with Gasteiger partial charge in [-0.25, -0.2) is 0 Å². The van der Waals surface area contributed by atoms with Crippen molar-refractivity contribution in [1.29, 1.82) is 0 Å². The number of aliphatic hydroxyl groups is 1. The van der Waals surface area contributed by atoms with Gasteiger partial charge in [0.05, 0.1) is 16.9 Å². The quantitative estimate of drug-likeness (QED) is 0.0553. The molecule has 12 rings (SSSR count). The monoisotopic (exact) mass is 2290 g/mol. The molecule has 0 saturated carbocycles. The summed E-state index contributed by atoms with van der Waals surface area (Å²) < 4.78 is 74.1. The van der Waals surface area contributed by atoms with Crippen molar-refractivity contribution in [2.24, 2.45) is 0 Å². The number of alkyl halides is 6. The van der Waals surface area contributed by atoms with E-state index in [9.17, 15) is 31.1 Å². The molecule has 6 aromatic rings. The zero-order valence-electron chi connectivity index (χ0n) is 56.6. The molecule has 0 saturated heterocycles. The number of rotatable bonds is 7. The minimum Gasteiger partial charge on any atom is -0.512 e. The first kappa shape index (κ1) is 96.0. The van der Waals surface area contributed by atoms with Crippen molar-refractivity contribution in [3.05, 3.63) is 373 Å². The van der Waals surface area contributed by atoms with Crippen molar-refractivity contribution in [2.45, 2.75) is 90.9 Å². The smallest absolute Gasteiger partial charge is 0.512 e. The van der Waals surface area contributed by atoms with Gasteiger partial charge in [-0.3, -0.25) is 4.79 Å². The summed E-state index contributed by atoms with van der Waals surface area (Å²) >= 11 is 0. The first-order chi connectivity index (χ1) is 46.7. The molecule has 6 aromatic heterocycles. The Morgan fingerprint density at radius 2 is 0.612 bits per heavy atom. The predicted molar refractivity (Wildman–Crippen MR) is 378 cm³/mol. The zero-order valence-corrected chi connectivity index (χ0v) is 69.1. The van der Waals surface area contributed by atoms with Gasteiger partial charge in [-0.1, -0.05) is 130 Å². The molecular formula is C83H74F6N6O2OsPdPt3Rh-5. The number of nitrogens with zero attached hydrogens (tertiary/aromatic N) is 6. The Bertz CT molecular complexity index is 3720. The van der Waals surface area contributed by atoms with Crippen LogP contribution in [0.5, 0.6) is 0 Å². The van der Waals surface area contributed by atoms with Gasteiger partial charge in [0, 0.05) is 146 Å². The predicted octanol–water partition coefficient (Wildman–Crippen LogP) is 21.1. The number of hydrogen-bond donors (Lipinski definition) is 1. The maximum absolute atomic E-state index is 12.3. The van der Waals surface area contributed by atoms with E-state index in [1.165, 1.54) is 37.6 Å². The van der Waals surface area contributed by atoms with Crippen LogP contribution in [0.15, 0.2) is 286 Å². The molecule has 0 amide bonds. The van der Waals surface area contributed by atoms with Crippen molar-refractivity contribution >= 4 is 39.2 Å². The third-order valence-corrected chi connectivity index (χ3v) is 13.6. The van der Waals surface area contributed by atoms with E-state index < -0.39 is 23.5 Å². The zero-order chi connectivity index (χ0) is 69.6. The van der Waals surface area contributed by atoms with Gasteiger partial charge in [0.25, 0.3) is 0 Å². The largest absolute Gasteiger partial charge is 1.00 e. The third-order valence-electron chi connectivity index (χ3n) is 13.6. The average Bonchev–Trinajstić information content (AvgIpc) is 1.52. The second kappa shape index (κ2) is 52.9. The van der Waals surface area contributed by atoms with Crippen LogP contribution in [0.3, 0.4) is 0 Å². The van der Waals surface area contributed by atoms with Crippen LogP contribution in [0, 0.1) is 36.5 Å². The number of carbonyl (C=O) groups is 1. The molecule has 6 aliphatic carbocycles. The van der Waals surface area contributed by atoms with Gasteiger partial charge in [-0.15, -0.1) is 69.9 Å². The number of ketones is 1. The number of carbonyl (C=O) groups excluding carboxylic acids is 1. The molecule has 6 aliphatic rings. The van der Waals surface area contributed by atoms with Gasteiger partial charge >= 0.3 is 32.1 Å². The summed E-state index contributed by atoms with van der Waals surface area (Å²) in [5.41, 5.74) is 11.2. The molecule has 103 heavy (non-hydrogen) atoms. The van der Waals surface area contributed by atoms with Crippen LogP contribution < -0.4 is 0 Å². The molecule has 6 heterocycles. The number of halogens is 6. The summed E-state index contributed by atoms with van der Waals surface area (Å²) in [6, 6.07) is 26.9. The minimum absolute atomic E-state index is 0. The molecule has 20 heteroatoms. The molecule has 0 spiro atoms. The Morgan fingerprint density at radius 1 is 0.379 bits per heavy atom. The molecule has 0 bridgehead atoms. The summed E-state index contributed by atoms with van der Waals surface area (Å²) in [6.07, 6.45) is 72.2. The van der Waals surface area contributed by atoms with Crippen molar-refractivity contribution in [2.75, 3.05) is 0 Å². The second-order valence-electron chi connectivity index (χ2n) is 22.3. The molecule has 0 unspecified atom stereocenters. The van der Waals surface area contributed by atoms with Gasteiger partial charge in [-0.2, -0.15) is 136 Å². The fraction of sp³-hybridized carbons (Fsp3) is 0.169. The number of aromatic nitrogens is 6. The molecule has 0 aliphatic heterocycles. The first-order valence-electron chi connectivity index (χ1n) is 31.0. The van der Waals surface area contributed by atoms with Crippen LogP contribution in [0.2, 0.25) is 0 Å². The second-order valence-corrected chi connectivity index (χ2v) is 22.3. The Balaban J connectivity index is 0.00000118. The van der Waals surface area contributed by atoms with E-state index in [1.807, 2.05) is 189 Å². The molecular weight excluding hydrogens is 2210 g/mol. The summed E-state index contributed by atoms with van der Waals surface area (Å²) in [5, 5.41) is 8.36. The maximum Gasteiger partial charge on any atom is 1.00 e. The molecule has 8 nitrogen and oxygen atoms in total. The van der Waals surface area contributed by atoms with E-state index >= 15 is 0 Å². The topological polar surface area (TPSA) is 115 Å². The third kappa shape index (κ3) is 38.0. The van der Waals surface area contributed by atoms with E-state index in [0.29, 0.717) is 24.2 Å². The van der Waals surface area contributed by atoms with Gasteiger partial charge in [0.1, 0.15) is 0 Å². The van der Waals surface area contributed by atoms with Crippen molar-refractivity contribution in [1.82, 2.24) is 29.9 Å². The first-order valence-corrected chi connectivity index (χ1v) is 31.0. The van der Waals surface area contributed by atoms with Crippen LogP contribution in [0.25, 0.3) is 33.4 Å². The van der Waals surface area contributed by atoms with E-state index in [2.05, 4.69) is 124 Å². The van der Waals surface area contributed by atoms with Crippen LogP contribution in [-0.2, 0) is 145 Å². The molecule has 0 atom stereocenters. The Kier molecular flexibility index (Phi) is 49.3. The maximum atomic E-state index is 12.3. The van der Waals surface area contributed by atoms with Gasteiger partial charge < -0.3 is 35.0 Å². The SMILES string of the molecule is CC(=O)C=C(C)O.CC(C)(C)c1ccc(C2=[C-]C=CC=CC2)nc1.FC(F)(F)c1ccc(C2=[C-]C=CC=CC2)nc1.FC(F)(F)c1ccc(C2=[C-]C=CC=CC2)nc1.[C-]1=C(c2ccccn2)CC=CC=C1.[C-]1=C(c2ccccn2)CC=CC=C1.[C-]1=C(c2ccccn2)CC=CC=C1.[Os+].[Pd].[Pt].[Pt].[Pt].[Rh]. The minimum atomic E-state index is -4.34. The summed E-state index contributed by atoms with van der Waals surface area (Å²) in [5.74, 6) is -0.0625. The summed E-state index contributed by atoms with van der Waals surface area (Å²) in [6.45, 7) is 9.45. The van der Waals surface area contributed by atoms with E-state index in [0.717, 1.165) is 106 Å². The molecule has 2 radical (unpaired) electrons. The van der Waals surface area contributed by atoms with Gasteiger partial charge in [0.2, 0.25) is 0 Å². The van der Waals surface area contributed by atoms with Crippen LogP contribution in [0.4, 0.5) is 26.3 Å². The normalized spacial score (nSPS) is 14.3. The van der Waals surface area contributed by atoms with E-state index in [-0.39, 0.29) is 140 Å². The molecule has 0 fully saturated rings. The average molecular weight is 2290 g/mol. The fourth-order valence-electron chi connectivity index (χ4n) is 8.65. The summed E-state index contributed by atoms with van der Waals surface area (Å²) in [4.78, 5) is 35.0. The molecule has 0 aromatic carbocycles. The van der Waals surface area contributed by atoms with Crippen molar-refractivity contribution in [3.8, 4) is 0 Å². The van der Waals surface area contributed by atoms with Gasteiger partial charge in [0.15, 0.2) is 5.78 Å². The van der Waals surface area contributed by atoms with Crippen molar-refractivity contribution < 1.29 is 159 Å². The molecule has 1 N–H and O–H groups in total. The van der Waals surface area contributed by atoms with Crippen LogP contribution >= 0.6 is 0 Å². The number of pyridine rings is 6. The standard InChI is InChI=1S/C16H18N.2C13H9F3N.3C12H10N.C5H8O2.Os.Pd.3Pt.Rh/c1-16(2,3)14-10-11-15(17-12-14)13-8-6-4-5-7-9-13;2*14-13(15,16)11-7-8-12(17-9-11)10-5-3-1-2-4-6-10;3*1-2-4-8-11(7-3-1)12-9-5-6-10-13-12;1-4(6)3-5(2)7;;;;;;/h4-7,10-12H,8H2,1-3H3;2*1-4,7-9H,5H2;3*1-6,9-10H,7H2;3,6H,1-2H3;;;;;;/q6*-1;;+1;;;;;. The van der Waals surface area contributed by atoms with Crippen molar-refractivity contribution in [3.63, 3.8) is 0 Å². The van der Waals surface area contributed by atoms with Crippen LogP contribution in [-0.4, -0.2) is 40.8 Å². The number of allylic oxidation sites excluding steroid dienone is 38. The summed E-state index contributed by atoms with van der Waals surface area (Å²) in [7, 11) is 0. The Morgan fingerprint density at radius 3 is 0.777 bits per heavy atom. The fourth-order valence-corrected chi connectivity index (χ4v) is 8.65.